The van der Waals surface area contributed by atoms with E-state index in [1.807, 2.05) is 6.92 Å². The fraction of sp³-hybridized carbons (Fsp3) is 0.545. The van der Waals surface area contributed by atoms with Crippen molar-refractivity contribution in [3.05, 3.63) is 0 Å². The lowest BCUT2D eigenvalue weighted by molar-refractivity contribution is -0.121. The number of nitrogens with one attached hydrogen (secondary N) is 3. The summed E-state index contributed by atoms with van der Waals surface area (Å²) < 4.78 is 0. The van der Waals surface area contributed by atoms with E-state index in [1.54, 1.807) is 0 Å². The zero-order valence-electron chi connectivity index (χ0n) is 9.75. The van der Waals surface area contributed by atoms with Gasteiger partial charge >= 0.3 is 6.03 Å². The van der Waals surface area contributed by atoms with Gasteiger partial charge in [-0.05, 0) is 6.42 Å². The van der Waals surface area contributed by atoms with Crippen LogP contribution in [0.1, 0.15) is 19.8 Å². The molecule has 0 aromatic heterocycles. The van der Waals surface area contributed by atoms with Gasteiger partial charge in [-0.3, -0.25) is 15.5 Å². The molecule has 3 N–H and O–H groups in total. The van der Waals surface area contributed by atoms with Crippen molar-refractivity contribution >= 4 is 17.8 Å². The summed E-state index contributed by atoms with van der Waals surface area (Å²) in [5.41, 5.74) is 0. The SMILES string of the molecule is C#CCN1C(=O)NC(=N)C1CC(=O)NCCC. The molecule has 0 bridgehead atoms. The third kappa shape index (κ3) is 3.21. The molecule has 1 rings (SSSR count). The fourth-order valence-corrected chi connectivity index (χ4v) is 1.57. The molecule has 0 saturated carbocycles. The van der Waals surface area contributed by atoms with Crippen LogP contribution in [0.5, 0.6) is 0 Å². The van der Waals surface area contributed by atoms with Crippen molar-refractivity contribution in [1.82, 2.24) is 15.5 Å². The highest BCUT2D eigenvalue weighted by Crippen LogP contribution is 2.11. The van der Waals surface area contributed by atoms with E-state index < -0.39 is 12.1 Å². The van der Waals surface area contributed by atoms with Crippen LogP contribution in [0.2, 0.25) is 0 Å². The molecular formula is C11H16N4O2. The lowest BCUT2D eigenvalue weighted by Gasteiger charge is -2.19. The van der Waals surface area contributed by atoms with Crippen molar-refractivity contribution in [3.8, 4) is 12.3 Å². The van der Waals surface area contributed by atoms with E-state index in [-0.39, 0.29) is 24.7 Å². The molecule has 0 aromatic carbocycles. The van der Waals surface area contributed by atoms with Gasteiger partial charge in [-0.25, -0.2) is 4.79 Å². The van der Waals surface area contributed by atoms with Crippen LogP contribution < -0.4 is 10.6 Å². The van der Waals surface area contributed by atoms with Crippen LogP contribution in [0, 0.1) is 17.8 Å². The molecule has 1 aliphatic heterocycles. The van der Waals surface area contributed by atoms with Crippen molar-refractivity contribution < 1.29 is 9.59 Å². The summed E-state index contributed by atoms with van der Waals surface area (Å²) in [7, 11) is 0. The Morgan fingerprint density at radius 2 is 2.41 bits per heavy atom. The predicted octanol–water partition coefficient (Wildman–Crippen LogP) is -0.0930. The molecule has 1 fully saturated rings. The molecule has 92 valence electrons. The van der Waals surface area contributed by atoms with Crippen LogP contribution in [-0.2, 0) is 4.79 Å². The topological polar surface area (TPSA) is 85.3 Å². The smallest absolute Gasteiger partial charge is 0.324 e. The number of hydrogen-bond acceptors (Lipinski definition) is 3. The zero-order valence-corrected chi connectivity index (χ0v) is 9.75. The van der Waals surface area contributed by atoms with E-state index in [2.05, 4.69) is 16.6 Å². The number of amidine groups is 1. The minimum Gasteiger partial charge on any atom is -0.356 e. The van der Waals surface area contributed by atoms with Gasteiger partial charge < -0.3 is 10.2 Å². The van der Waals surface area contributed by atoms with Gasteiger partial charge in [0.25, 0.3) is 0 Å². The molecule has 3 amide bonds. The first-order chi connectivity index (χ1) is 8.10. The lowest BCUT2D eigenvalue weighted by atomic mass is 10.1. The number of carbonyl (C=O) groups is 2. The largest absolute Gasteiger partial charge is 0.356 e. The first-order valence-corrected chi connectivity index (χ1v) is 5.46. The van der Waals surface area contributed by atoms with Crippen LogP contribution in [-0.4, -0.2) is 41.8 Å². The summed E-state index contributed by atoms with van der Waals surface area (Å²) in [5, 5.41) is 12.7. The molecule has 0 aliphatic carbocycles. The average Bonchev–Trinajstić information content (AvgIpc) is 2.54. The van der Waals surface area contributed by atoms with Crippen molar-refractivity contribution in [2.75, 3.05) is 13.1 Å². The first kappa shape index (κ1) is 13.0. The minimum atomic E-state index is -0.574. The van der Waals surface area contributed by atoms with Gasteiger partial charge in [-0.2, -0.15) is 0 Å². The third-order valence-corrected chi connectivity index (χ3v) is 2.42. The monoisotopic (exact) mass is 236 g/mol. The van der Waals surface area contributed by atoms with Crippen LogP contribution in [0.4, 0.5) is 4.79 Å². The van der Waals surface area contributed by atoms with E-state index in [0.29, 0.717) is 6.54 Å². The van der Waals surface area contributed by atoms with Gasteiger partial charge in [-0.1, -0.05) is 12.8 Å². The van der Waals surface area contributed by atoms with Gasteiger partial charge in [0.15, 0.2) is 0 Å². The summed E-state index contributed by atoms with van der Waals surface area (Å²) in [6, 6.07) is -0.989. The number of amides is 3. The number of terminal acetylenes is 1. The maximum absolute atomic E-state index is 11.5. The lowest BCUT2D eigenvalue weighted by Crippen LogP contribution is -2.39. The van der Waals surface area contributed by atoms with Gasteiger partial charge in [0.2, 0.25) is 5.91 Å². The number of rotatable bonds is 5. The van der Waals surface area contributed by atoms with Crippen molar-refractivity contribution in [2.24, 2.45) is 0 Å². The number of urea groups is 1. The van der Waals surface area contributed by atoms with Gasteiger partial charge in [0.05, 0.1) is 13.0 Å². The Balaban J connectivity index is 2.61. The van der Waals surface area contributed by atoms with Crippen molar-refractivity contribution in [1.29, 1.82) is 5.41 Å². The summed E-state index contributed by atoms with van der Waals surface area (Å²) in [6.07, 6.45) is 6.06. The molecular weight excluding hydrogens is 220 g/mol. The molecule has 0 spiro atoms. The standard InChI is InChI=1S/C11H16N4O2/c1-3-5-13-9(16)7-8-10(12)14-11(17)15(8)6-4-2/h2,8H,3,5-7H2,1H3,(H,13,16)(H2,12,14,17). The highest BCUT2D eigenvalue weighted by molar-refractivity contribution is 6.07. The maximum atomic E-state index is 11.5. The second-order valence-electron chi connectivity index (χ2n) is 3.75. The Kier molecular flexibility index (Phi) is 4.52. The summed E-state index contributed by atoms with van der Waals surface area (Å²) in [4.78, 5) is 24.3. The Bertz CT molecular complexity index is 372. The highest BCUT2D eigenvalue weighted by Gasteiger charge is 2.36. The average molecular weight is 236 g/mol. The normalized spacial score (nSPS) is 18.8. The second-order valence-corrected chi connectivity index (χ2v) is 3.75. The van der Waals surface area contributed by atoms with E-state index in [9.17, 15) is 9.59 Å². The molecule has 6 nitrogen and oxygen atoms in total. The van der Waals surface area contributed by atoms with E-state index in [4.69, 9.17) is 11.8 Å². The fourth-order valence-electron chi connectivity index (χ4n) is 1.57. The van der Waals surface area contributed by atoms with E-state index in [1.165, 1.54) is 4.90 Å². The maximum Gasteiger partial charge on any atom is 0.324 e. The third-order valence-electron chi connectivity index (χ3n) is 2.42. The number of hydrogen-bond donors (Lipinski definition) is 3. The van der Waals surface area contributed by atoms with Gasteiger partial charge in [0, 0.05) is 6.54 Å². The van der Waals surface area contributed by atoms with E-state index in [0.717, 1.165) is 6.42 Å². The predicted molar refractivity (Wildman–Crippen MR) is 63.5 cm³/mol. The highest BCUT2D eigenvalue weighted by atomic mass is 16.2. The molecule has 1 atom stereocenters. The quantitative estimate of drug-likeness (QED) is 0.583. The number of nitrogens with zero attached hydrogens (tertiary/aromatic N) is 1. The van der Waals surface area contributed by atoms with Crippen LogP contribution in [0.3, 0.4) is 0 Å². The number of carbonyl (C=O) groups excluding carboxylic acids is 2. The summed E-state index contributed by atoms with van der Waals surface area (Å²) in [6.45, 7) is 2.64. The minimum absolute atomic E-state index is 0.0249. The van der Waals surface area contributed by atoms with Crippen LogP contribution in [0.25, 0.3) is 0 Å². The second kappa shape index (κ2) is 5.89. The summed E-state index contributed by atoms with van der Waals surface area (Å²) >= 11 is 0. The summed E-state index contributed by atoms with van der Waals surface area (Å²) in [5.74, 6) is 2.19. The molecule has 1 heterocycles. The zero-order chi connectivity index (χ0) is 12.8. The molecule has 0 radical (unpaired) electrons. The molecule has 1 unspecified atom stereocenters. The van der Waals surface area contributed by atoms with Crippen LogP contribution in [0.15, 0.2) is 0 Å². The van der Waals surface area contributed by atoms with Crippen molar-refractivity contribution in [3.63, 3.8) is 0 Å². The Hall–Kier alpha value is -2.03. The molecule has 0 aromatic rings. The van der Waals surface area contributed by atoms with Gasteiger partial charge in [0.1, 0.15) is 11.9 Å². The Morgan fingerprint density at radius 1 is 1.71 bits per heavy atom. The van der Waals surface area contributed by atoms with Crippen LogP contribution >= 0.6 is 0 Å². The molecule has 1 aliphatic rings. The molecule has 6 heteroatoms. The Labute approximate surface area is 100 Å². The Morgan fingerprint density at radius 3 is 3.00 bits per heavy atom. The molecule has 1 saturated heterocycles. The first-order valence-electron chi connectivity index (χ1n) is 5.46. The molecule has 17 heavy (non-hydrogen) atoms. The van der Waals surface area contributed by atoms with Gasteiger partial charge in [-0.15, -0.1) is 6.42 Å². The van der Waals surface area contributed by atoms with E-state index >= 15 is 0 Å². The van der Waals surface area contributed by atoms with Crippen molar-refractivity contribution in [2.45, 2.75) is 25.8 Å².